The molecule has 31 heavy (non-hydrogen) atoms. The number of nitrogens with zero attached hydrogens (tertiary/aromatic N) is 4. The Morgan fingerprint density at radius 1 is 1.19 bits per heavy atom. The molecule has 1 aromatic rings. The Labute approximate surface area is 204 Å². The number of anilines is 1. The number of pyridine rings is 1. The second-order valence-electron chi connectivity index (χ2n) is 9.11. The lowest BCUT2D eigenvalue weighted by Gasteiger charge is -2.43. The fraction of sp³-hybridized carbons (Fsp3) is 0.696. The Hall–Kier alpha value is -1.58. The van der Waals surface area contributed by atoms with E-state index in [1.165, 1.54) is 25.7 Å². The van der Waals surface area contributed by atoms with E-state index in [4.69, 9.17) is 0 Å². The number of nitrogens with one attached hydrogen (secondary N) is 2. The summed E-state index contributed by atoms with van der Waals surface area (Å²) >= 11 is 0. The lowest BCUT2D eigenvalue weighted by Crippen LogP contribution is -2.50. The highest BCUT2D eigenvalue weighted by Crippen LogP contribution is 2.45. The van der Waals surface area contributed by atoms with Crippen LogP contribution in [-0.2, 0) is 4.79 Å². The van der Waals surface area contributed by atoms with Crippen LogP contribution in [0.2, 0.25) is 0 Å². The van der Waals surface area contributed by atoms with Crippen molar-refractivity contribution in [1.29, 1.82) is 0 Å². The molecule has 0 atom stereocenters. The molecule has 1 aliphatic carbocycles. The van der Waals surface area contributed by atoms with E-state index < -0.39 is 0 Å². The Morgan fingerprint density at radius 2 is 1.94 bits per heavy atom. The predicted octanol–water partition coefficient (Wildman–Crippen LogP) is 3.12. The highest BCUT2D eigenvalue weighted by atomic mass is 127. The van der Waals surface area contributed by atoms with Gasteiger partial charge in [0.05, 0.1) is 0 Å². The summed E-state index contributed by atoms with van der Waals surface area (Å²) in [6, 6.07) is 5.95. The Bertz CT molecular complexity index is 699. The van der Waals surface area contributed by atoms with Crippen LogP contribution in [0.1, 0.15) is 46.0 Å². The van der Waals surface area contributed by atoms with Crippen molar-refractivity contribution in [2.45, 2.75) is 46.0 Å². The fourth-order valence-corrected chi connectivity index (χ4v) is 4.66. The first-order valence-electron chi connectivity index (χ1n) is 11.4. The van der Waals surface area contributed by atoms with Crippen molar-refractivity contribution in [3.63, 3.8) is 0 Å². The summed E-state index contributed by atoms with van der Waals surface area (Å²) in [7, 11) is 1.80. The van der Waals surface area contributed by atoms with Gasteiger partial charge in [-0.1, -0.05) is 26.3 Å². The summed E-state index contributed by atoms with van der Waals surface area (Å²) < 4.78 is 0. The highest BCUT2D eigenvalue weighted by Gasteiger charge is 2.37. The minimum atomic E-state index is 0. The molecule has 0 unspecified atom stereocenters. The van der Waals surface area contributed by atoms with Crippen LogP contribution < -0.4 is 15.5 Å². The number of aliphatic imine (C=N–C) groups is 1. The Morgan fingerprint density at radius 3 is 2.48 bits per heavy atom. The SMILES string of the molecule is CN=C(NCCC(=O)N1CCN(c2ccccn2)CC1)NCC1(CC(C)C)CCC1.I. The van der Waals surface area contributed by atoms with Gasteiger partial charge in [0.2, 0.25) is 5.91 Å². The molecular formula is C23H39IN6O. The van der Waals surface area contributed by atoms with Crippen LogP contribution in [0, 0.1) is 11.3 Å². The van der Waals surface area contributed by atoms with E-state index in [0.717, 1.165) is 50.4 Å². The number of rotatable bonds is 8. The maximum atomic E-state index is 12.6. The van der Waals surface area contributed by atoms with E-state index in [9.17, 15) is 4.79 Å². The second-order valence-corrected chi connectivity index (χ2v) is 9.11. The summed E-state index contributed by atoms with van der Waals surface area (Å²) in [6.07, 6.45) is 7.51. The van der Waals surface area contributed by atoms with Gasteiger partial charge in [-0.05, 0) is 42.7 Å². The fourth-order valence-electron chi connectivity index (χ4n) is 4.66. The number of carbonyl (C=O) groups excluding carboxylic acids is 1. The van der Waals surface area contributed by atoms with E-state index in [1.54, 1.807) is 7.05 Å². The minimum absolute atomic E-state index is 0. The van der Waals surface area contributed by atoms with Crippen LogP contribution in [0.5, 0.6) is 0 Å². The molecule has 2 N–H and O–H groups in total. The largest absolute Gasteiger partial charge is 0.356 e. The molecule has 1 saturated carbocycles. The topological polar surface area (TPSA) is 72.9 Å². The van der Waals surface area contributed by atoms with E-state index in [1.807, 2.05) is 29.3 Å². The first kappa shape index (κ1) is 25.7. The van der Waals surface area contributed by atoms with E-state index in [-0.39, 0.29) is 29.9 Å². The normalized spacial score (nSPS) is 18.3. The summed E-state index contributed by atoms with van der Waals surface area (Å²) in [6.45, 7) is 9.34. The van der Waals surface area contributed by atoms with Crippen LogP contribution in [0.3, 0.4) is 0 Å². The smallest absolute Gasteiger partial charge is 0.224 e. The van der Waals surface area contributed by atoms with Gasteiger partial charge in [0.1, 0.15) is 5.82 Å². The summed E-state index contributed by atoms with van der Waals surface area (Å²) in [5.74, 6) is 2.72. The lowest BCUT2D eigenvalue weighted by atomic mass is 9.64. The molecule has 7 nitrogen and oxygen atoms in total. The van der Waals surface area contributed by atoms with Crippen LogP contribution in [0.4, 0.5) is 5.82 Å². The molecular weight excluding hydrogens is 503 g/mol. The third kappa shape index (κ3) is 7.50. The van der Waals surface area contributed by atoms with Gasteiger partial charge >= 0.3 is 0 Å². The Kier molecular flexibility index (Phi) is 10.3. The zero-order valence-corrected chi connectivity index (χ0v) is 21.6. The first-order valence-corrected chi connectivity index (χ1v) is 11.4. The zero-order valence-electron chi connectivity index (χ0n) is 19.3. The quantitative estimate of drug-likeness (QED) is 0.300. The number of hydrogen-bond acceptors (Lipinski definition) is 4. The van der Waals surface area contributed by atoms with E-state index in [2.05, 4.69) is 39.4 Å². The average Bonchev–Trinajstić information content (AvgIpc) is 2.74. The molecule has 2 fully saturated rings. The standard InChI is InChI=1S/C23H38N6O.HI/c1-19(2)17-23(9-6-10-23)18-27-22(24-3)26-12-8-21(30)29-15-13-28(14-16-29)20-7-4-5-11-25-20;/h4-5,7,11,19H,6,8-10,12-18H2,1-3H3,(H2,24,26,27);1H. The van der Waals surface area contributed by atoms with Gasteiger partial charge in [-0.3, -0.25) is 9.79 Å². The second kappa shape index (κ2) is 12.5. The van der Waals surface area contributed by atoms with Crippen molar-refractivity contribution in [3.05, 3.63) is 24.4 Å². The molecule has 1 aromatic heterocycles. The van der Waals surface area contributed by atoms with Gasteiger partial charge in [0.15, 0.2) is 5.96 Å². The van der Waals surface area contributed by atoms with Crippen molar-refractivity contribution < 1.29 is 4.79 Å². The number of carbonyl (C=O) groups is 1. The van der Waals surface area contributed by atoms with Gasteiger partial charge in [-0.15, -0.1) is 24.0 Å². The van der Waals surface area contributed by atoms with E-state index in [0.29, 0.717) is 18.4 Å². The lowest BCUT2D eigenvalue weighted by molar-refractivity contribution is -0.131. The van der Waals surface area contributed by atoms with Gasteiger partial charge < -0.3 is 20.4 Å². The molecule has 1 aliphatic heterocycles. The summed E-state index contributed by atoms with van der Waals surface area (Å²) in [4.78, 5) is 25.5. The summed E-state index contributed by atoms with van der Waals surface area (Å²) in [5, 5.41) is 6.81. The van der Waals surface area contributed by atoms with Gasteiger partial charge in [-0.25, -0.2) is 4.98 Å². The molecule has 174 valence electrons. The number of amides is 1. The number of guanidine groups is 1. The number of hydrogen-bond donors (Lipinski definition) is 2. The summed E-state index contributed by atoms with van der Waals surface area (Å²) in [5.41, 5.74) is 0.425. The molecule has 0 spiro atoms. The van der Waals surface area contributed by atoms with Crippen molar-refractivity contribution in [3.8, 4) is 0 Å². The van der Waals surface area contributed by atoms with E-state index >= 15 is 0 Å². The van der Waals surface area contributed by atoms with Crippen LogP contribution in [-0.4, -0.2) is 68.1 Å². The maximum Gasteiger partial charge on any atom is 0.224 e. The minimum Gasteiger partial charge on any atom is -0.356 e. The molecule has 0 bridgehead atoms. The van der Waals surface area contributed by atoms with Gasteiger partial charge in [0.25, 0.3) is 0 Å². The number of halogens is 1. The van der Waals surface area contributed by atoms with Gasteiger partial charge in [-0.2, -0.15) is 0 Å². The van der Waals surface area contributed by atoms with Crippen LogP contribution >= 0.6 is 24.0 Å². The van der Waals surface area contributed by atoms with Crippen LogP contribution in [0.25, 0.3) is 0 Å². The van der Waals surface area contributed by atoms with Crippen LogP contribution in [0.15, 0.2) is 29.4 Å². The molecule has 2 aliphatic rings. The maximum absolute atomic E-state index is 12.6. The molecule has 8 heteroatoms. The molecule has 3 rings (SSSR count). The molecule has 2 heterocycles. The number of aromatic nitrogens is 1. The third-order valence-electron chi connectivity index (χ3n) is 6.35. The van der Waals surface area contributed by atoms with Crippen molar-refractivity contribution in [1.82, 2.24) is 20.5 Å². The highest BCUT2D eigenvalue weighted by molar-refractivity contribution is 14.0. The van der Waals surface area contributed by atoms with Crippen molar-refractivity contribution >= 4 is 41.7 Å². The molecule has 0 radical (unpaired) electrons. The third-order valence-corrected chi connectivity index (χ3v) is 6.35. The number of piperazine rings is 1. The van der Waals surface area contributed by atoms with Gasteiger partial charge in [0, 0.05) is 58.9 Å². The zero-order chi connectivity index (χ0) is 21.4. The molecule has 1 amide bonds. The average molecular weight is 543 g/mol. The Balaban J connectivity index is 0.00000341. The first-order chi connectivity index (χ1) is 14.5. The monoisotopic (exact) mass is 542 g/mol. The molecule has 1 saturated heterocycles. The van der Waals surface area contributed by atoms with Crippen molar-refractivity contribution in [2.75, 3.05) is 51.2 Å². The predicted molar refractivity (Wildman–Crippen MR) is 138 cm³/mol. The van der Waals surface area contributed by atoms with Crippen molar-refractivity contribution in [2.24, 2.45) is 16.3 Å². The molecule has 0 aromatic carbocycles.